The molecule has 1 aliphatic rings. The Balaban J connectivity index is 0.00000200. The molecule has 0 bridgehead atoms. The van der Waals surface area contributed by atoms with E-state index >= 15 is 0 Å². The van der Waals surface area contributed by atoms with Crippen molar-refractivity contribution in [2.24, 2.45) is 0 Å². The molecule has 211 valence electrons. The molecule has 1 aliphatic carbocycles. The third kappa shape index (κ3) is 6.75. The van der Waals surface area contributed by atoms with Gasteiger partial charge in [0, 0.05) is 16.4 Å². The molecule has 4 aromatic carbocycles. The van der Waals surface area contributed by atoms with Gasteiger partial charge in [-0.05, 0) is 52.1 Å². The molecule has 2 heteroatoms. The van der Waals surface area contributed by atoms with Crippen LogP contribution in [0.2, 0.25) is 0 Å². The molecule has 5 rings (SSSR count). The van der Waals surface area contributed by atoms with E-state index in [0.717, 1.165) is 21.9 Å². The first-order chi connectivity index (χ1) is 17.7. The second-order valence-electron chi connectivity index (χ2n) is 10.7. The Bertz CT molecular complexity index is 1330. The van der Waals surface area contributed by atoms with Crippen LogP contribution in [0.5, 0.6) is 5.75 Å². The Morgan fingerprint density at radius 1 is 0.575 bits per heavy atom. The van der Waals surface area contributed by atoms with Crippen LogP contribution in [0.15, 0.2) is 78.9 Å². The molecule has 0 saturated carbocycles. The summed E-state index contributed by atoms with van der Waals surface area (Å²) >= 11 is 0. The molecule has 4 aromatic rings. The molecule has 0 atom stereocenters. The summed E-state index contributed by atoms with van der Waals surface area (Å²) < 4.78 is 0. The van der Waals surface area contributed by atoms with Gasteiger partial charge in [-0.3, -0.25) is 0 Å². The first kappa shape index (κ1) is 35.7. The average molecular weight is 570 g/mol. The van der Waals surface area contributed by atoms with Gasteiger partial charge in [-0.25, -0.2) is 0 Å². The van der Waals surface area contributed by atoms with Crippen LogP contribution in [-0.4, -0.2) is 5.11 Å². The van der Waals surface area contributed by atoms with E-state index < -0.39 is 0 Å². The van der Waals surface area contributed by atoms with Gasteiger partial charge in [-0.1, -0.05) is 138 Å². The van der Waals surface area contributed by atoms with E-state index in [-0.39, 0.29) is 49.4 Å². The summed E-state index contributed by atoms with van der Waals surface area (Å²) in [6.45, 7) is 4.59. The van der Waals surface area contributed by atoms with E-state index in [9.17, 15) is 5.11 Å². The molecule has 0 unspecified atom stereocenters. The summed E-state index contributed by atoms with van der Waals surface area (Å²) in [6, 6.07) is 28.4. The molecule has 0 saturated heterocycles. The number of hydrogen-bond acceptors (Lipinski definition) is 1. The largest absolute Gasteiger partial charge is 3.00 e. The zero-order valence-electron chi connectivity index (χ0n) is 25.5. The van der Waals surface area contributed by atoms with Gasteiger partial charge in [0.25, 0.3) is 0 Å². The molecule has 1 radical (unpaired) electrons. The minimum atomic E-state index is 0. The summed E-state index contributed by atoms with van der Waals surface area (Å²) in [5.41, 5.74) is 7.91. The maximum Gasteiger partial charge on any atom is 3.00 e. The number of aromatic hydroxyl groups is 1. The molecule has 0 aromatic heterocycles. The van der Waals surface area contributed by atoms with Gasteiger partial charge in [0.05, 0.1) is 0 Å². The number of phenolic OH excluding ortho intramolecular Hbond substituents is 1. The standard InChI is InChI=1S/C35H40O.3CH3.Ti/c1-3-5-7-13-23-35(24-14-8-6-4-2)32-18-12-11-17-30(32)31-22-20-27(25-33(31)35)29-21-19-26-15-9-10-16-28(26)34(29)36;;;;/h9-12,15-22,25,36H,3-8,13-14,23-24H2,1-2H3;3*1H3;/q;3*-1;+3. The van der Waals surface area contributed by atoms with Crippen LogP contribution < -0.4 is 0 Å². The van der Waals surface area contributed by atoms with E-state index in [1.54, 1.807) is 0 Å². The smallest absolute Gasteiger partial charge is 0.507 e. The van der Waals surface area contributed by atoms with Gasteiger partial charge in [-0.2, -0.15) is 0 Å². The molecular formula is C38H49OTi. The van der Waals surface area contributed by atoms with Crippen LogP contribution in [0, 0.1) is 22.3 Å². The summed E-state index contributed by atoms with van der Waals surface area (Å²) in [4.78, 5) is 0. The van der Waals surface area contributed by atoms with E-state index in [2.05, 4.69) is 74.5 Å². The molecule has 0 spiro atoms. The van der Waals surface area contributed by atoms with Crippen molar-refractivity contribution in [3.05, 3.63) is 112 Å². The number of fused-ring (bicyclic) bond motifs is 4. The van der Waals surface area contributed by atoms with Gasteiger partial charge >= 0.3 is 21.7 Å². The van der Waals surface area contributed by atoms with E-state index in [1.807, 2.05) is 18.2 Å². The maximum absolute atomic E-state index is 11.3. The zero-order chi connectivity index (χ0) is 25.0. The van der Waals surface area contributed by atoms with Crippen LogP contribution in [0.4, 0.5) is 0 Å². The number of unbranched alkanes of at least 4 members (excludes halogenated alkanes) is 6. The average Bonchev–Trinajstić information content (AvgIpc) is 3.19. The summed E-state index contributed by atoms with van der Waals surface area (Å²) in [5.74, 6) is 0.389. The first-order valence-corrected chi connectivity index (χ1v) is 14.1. The van der Waals surface area contributed by atoms with Gasteiger partial charge in [0.15, 0.2) is 0 Å². The summed E-state index contributed by atoms with van der Waals surface area (Å²) in [6.07, 6.45) is 12.7. The fourth-order valence-electron chi connectivity index (χ4n) is 6.48. The molecule has 1 nitrogen and oxygen atoms in total. The monoisotopic (exact) mass is 569 g/mol. The van der Waals surface area contributed by atoms with Gasteiger partial charge in [0.2, 0.25) is 0 Å². The predicted molar refractivity (Wildman–Crippen MR) is 174 cm³/mol. The summed E-state index contributed by atoms with van der Waals surface area (Å²) in [7, 11) is 0. The zero-order valence-corrected chi connectivity index (χ0v) is 27.1. The number of phenols is 1. The molecule has 0 heterocycles. The van der Waals surface area contributed by atoms with Crippen molar-refractivity contribution in [3.63, 3.8) is 0 Å². The van der Waals surface area contributed by atoms with Crippen molar-refractivity contribution in [1.82, 2.24) is 0 Å². The van der Waals surface area contributed by atoms with Gasteiger partial charge < -0.3 is 27.4 Å². The first-order valence-electron chi connectivity index (χ1n) is 14.1. The molecule has 0 fully saturated rings. The van der Waals surface area contributed by atoms with E-state index in [0.29, 0.717) is 5.75 Å². The molecule has 0 aliphatic heterocycles. The normalized spacial score (nSPS) is 12.2. The van der Waals surface area contributed by atoms with E-state index in [1.165, 1.54) is 86.5 Å². The van der Waals surface area contributed by atoms with Crippen LogP contribution in [0.1, 0.15) is 89.2 Å². The van der Waals surface area contributed by atoms with Crippen molar-refractivity contribution in [2.45, 2.75) is 83.5 Å². The van der Waals surface area contributed by atoms with Crippen molar-refractivity contribution in [1.29, 1.82) is 0 Å². The van der Waals surface area contributed by atoms with Crippen LogP contribution >= 0.6 is 0 Å². The Morgan fingerprint density at radius 2 is 1.15 bits per heavy atom. The molecule has 0 amide bonds. The molecular weight excluding hydrogens is 520 g/mol. The Labute approximate surface area is 260 Å². The van der Waals surface area contributed by atoms with Crippen molar-refractivity contribution >= 4 is 10.8 Å². The minimum Gasteiger partial charge on any atom is -0.507 e. The third-order valence-corrected chi connectivity index (χ3v) is 8.39. The molecule has 40 heavy (non-hydrogen) atoms. The van der Waals surface area contributed by atoms with E-state index in [4.69, 9.17) is 0 Å². The van der Waals surface area contributed by atoms with Crippen LogP contribution in [-0.2, 0) is 27.1 Å². The number of rotatable bonds is 11. The fraction of sp³-hybridized carbons (Fsp3) is 0.342. The maximum atomic E-state index is 11.3. The Morgan fingerprint density at radius 3 is 1.82 bits per heavy atom. The van der Waals surface area contributed by atoms with Crippen molar-refractivity contribution in [2.75, 3.05) is 0 Å². The minimum absolute atomic E-state index is 0. The molecule has 1 N–H and O–H groups in total. The summed E-state index contributed by atoms with van der Waals surface area (Å²) in [5, 5.41) is 13.3. The van der Waals surface area contributed by atoms with Gasteiger partial charge in [-0.15, -0.1) is 0 Å². The SMILES string of the molecule is CCCCCCC1(CCCCCC)c2ccccc2-c2ccc(-c3ccc4ccccc4c3O)cc21.[CH3-].[CH3-].[CH3-].[Ti+3]. The topological polar surface area (TPSA) is 20.2 Å². The predicted octanol–water partition coefficient (Wildman–Crippen LogP) is 11.8. The second kappa shape index (κ2) is 16.2. The van der Waals surface area contributed by atoms with Gasteiger partial charge in [0.1, 0.15) is 5.75 Å². The van der Waals surface area contributed by atoms with Crippen molar-refractivity contribution < 1.29 is 26.8 Å². The third-order valence-electron chi connectivity index (χ3n) is 8.39. The number of hydrogen-bond donors (Lipinski definition) is 1. The number of benzene rings is 4. The van der Waals surface area contributed by atoms with Crippen LogP contribution in [0.3, 0.4) is 0 Å². The fourth-order valence-corrected chi connectivity index (χ4v) is 6.48. The second-order valence-corrected chi connectivity index (χ2v) is 10.7. The van der Waals surface area contributed by atoms with Crippen LogP contribution in [0.25, 0.3) is 33.0 Å². The van der Waals surface area contributed by atoms with Crippen molar-refractivity contribution in [3.8, 4) is 28.0 Å². The Hall–Kier alpha value is -2.35. The quantitative estimate of drug-likeness (QED) is 0.108. The Kier molecular flexibility index (Phi) is 14.4.